The first-order valence-electron chi connectivity index (χ1n) is 10.7. The Labute approximate surface area is 205 Å². The fourth-order valence-electron chi connectivity index (χ4n) is 3.85. The van der Waals surface area contributed by atoms with Crippen LogP contribution >= 0.6 is 11.6 Å². The van der Waals surface area contributed by atoms with E-state index in [4.69, 9.17) is 16.7 Å². The first-order valence-corrected chi connectivity index (χ1v) is 11.3. The average molecular weight is 549 g/mol. The van der Waals surface area contributed by atoms with Crippen LogP contribution in [-0.2, 0) is 22.0 Å². The summed E-state index contributed by atoms with van der Waals surface area (Å²) in [4.78, 5) is 7.69. The topological polar surface area (TPSA) is 64.5 Å². The van der Waals surface area contributed by atoms with E-state index in [0.29, 0.717) is 17.0 Å². The summed E-state index contributed by atoms with van der Waals surface area (Å²) >= 11 is 5.54. The van der Waals surface area contributed by atoms with Gasteiger partial charge in [-0.05, 0) is 37.8 Å². The van der Waals surface area contributed by atoms with Crippen LogP contribution < -0.4 is 0 Å². The molecule has 0 bridgehead atoms. The van der Waals surface area contributed by atoms with E-state index in [1.54, 1.807) is 0 Å². The summed E-state index contributed by atoms with van der Waals surface area (Å²) in [6, 6.07) is 2.88. The molecule has 0 amide bonds. The molecule has 2 heterocycles. The molecule has 0 radical (unpaired) electrons. The number of halogens is 9. The Hall–Kier alpha value is -2.09. The standard InChI is InChI=1S/C11H10ClF4NO.C11H11F4NO2/c12-4-7-3-10(17-5-9(7)13)6-1-8(2-6)18-11(14,15)16;12-9-4-16-10(3-7(9)5-17)6-1-8(2-6)18-11(13,14)15/h3,5-6,8H,1-2,4H2;3-4,6,8,17H,1-2,5H2. The van der Waals surface area contributed by atoms with Crippen LogP contribution in [0.4, 0.5) is 35.1 Å². The van der Waals surface area contributed by atoms with Crippen molar-refractivity contribution >= 4 is 11.6 Å². The molecule has 0 spiro atoms. The maximum absolute atomic E-state index is 13.1. The molecule has 2 aliphatic carbocycles. The van der Waals surface area contributed by atoms with Gasteiger partial charge in [0, 0.05) is 34.4 Å². The predicted molar refractivity (Wildman–Crippen MR) is 110 cm³/mol. The van der Waals surface area contributed by atoms with Crippen LogP contribution in [0.1, 0.15) is 60.0 Å². The molecule has 2 aromatic rings. The fraction of sp³-hybridized carbons (Fsp3) is 0.545. The maximum Gasteiger partial charge on any atom is 0.522 e. The minimum absolute atomic E-state index is 0.0105. The Bertz CT molecular complexity index is 944. The number of ether oxygens (including phenoxy) is 2. The number of hydrogen-bond donors (Lipinski definition) is 1. The molecule has 0 aliphatic heterocycles. The minimum atomic E-state index is -4.62. The highest BCUT2D eigenvalue weighted by atomic mass is 35.5. The second-order valence-electron chi connectivity index (χ2n) is 8.40. The number of nitrogens with zero attached hydrogens (tertiary/aromatic N) is 2. The second-order valence-corrected chi connectivity index (χ2v) is 8.67. The van der Waals surface area contributed by atoms with E-state index < -0.39 is 43.2 Å². The number of aliphatic hydroxyl groups is 1. The van der Waals surface area contributed by atoms with Crippen LogP contribution in [0.2, 0.25) is 0 Å². The van der Waals surface area contributed by atoms with E-state index in [0.717, 1.165) is 12.4 Å². The van der Waals surface area contributed by atoms with Crippen molar-refractivity contribution in [3.63, 3.8) is 0 Å². The van der Waals surface area contributed by atoms with Gasteiger partial charge in [-0.15, -0.1) is 37.9 Å². The largest absolute Gasteiger partial charge is 0.522 e. The first-order chi connectivity index (χ1) is 16.8. The third-order valence-corrected chi connectivity index (χ3v) is 6.14. The zero-order valence-corrected chi connectivity index (χ0v) is 19.2. The normalized spacial score (nSPS) is 23.8. The minimum Gasteiger partial charge on any atom is -0.392 e. The van der Waals surface area contributed by atoms with E-state index in [1.165, 1.54) is 12.1 Å². The van der Waals surface area contributed by atoms with E-state index in [2.05, 4.69) is 19.4 Å². The van der Waals surface area contributed by atoms with Gasteiger partial charge in [-0.25, -0.2) is 8.78 Å². The number of pyridine rings is 2. The Morgan fingerprint density at radius 2 is 1.17 bits per heavy atom. The van der Waals surface area contributed by atoms with Gasteiger partial charge in [0.2, 0.25) is 0 Å². The first kappa shape index (κ1) is 28.5. The molecule has 36 heavy (non-hydrogen) atoms. The Kier molecular flexibility index (Phi) is 9.12. The van der Waals surface area contributed by atoms with Gasteiger partial charge in [-0.3, -0.25) is 19.4 Å². The molecule has 5 nitrogen and oxygen atoms in total. The van der Waals surface area contributed by atoms with E-state index in [1.807, 2.05) is 0 Å². The summed E-state index contributed by atoms with van der Waals surface area (Å²) in [5.74, 6) is -1.42. The van der Waals surface area contributed by atoms with E-state index in [9.17, 15) is 35.1 Å². The number of alkyl halides is 7. The van der Waals surface area contributed by atoms with Crippen molar-refractivity contribution in [1.82, 2.24) is 9.97 Å². The molecule has 0 unspecified atom stereocenters. The monoisotopic (exact) mass is 548 g/mol. The third-order valence-electron chi connectivity index (χ3n) is 5.85. The molecule has 14 heteroatoms. The lowest BCUT2D eigenvalue weighted by Crippen LogP contribution is -2.35. The lowest BCUT2D eigenvalue weighted by atomic mass is 9.79. The second kappa shape index (κ2) is 11.5. The quantitative estimate of drug-likeness (QED) is 0.342. The molecule has 0 atom stereocenters. The summed E-state index contributed by atoms with van der Waals surface area (Å²) in [5.41, 5.74) is 1.46. The van der Waals surface area contributed by atoms with Crippen molar-refractivity contribution in [2.24, 2.45) is 0 Å². The van der Waals surface area contributed by atoms with Crippen LogP contribution in [0.15, 0.2) is 24.5 Å². The highest BCUT2D eigenvalue weighted by molar-refractivity contribution is 6.17. The van der Waals surface area contributed by atoms with Crippen LogP contribution in [-0.4, -0.2) is 40.0 Å². The van der Waals surface area contributed by atoms with Crippen molar-refractivity contribution in [1.29, 1.82) is 0 Å². The van der Waals surface area contributed by atoms with Gasteiger partial charge in [-0.2, -0.15) is 0 Å². The van der Waals surface area contributed by atoms with Crippen LogP contribution in [0.25, 0.3) is 0 Å². The number of hydrogen-bond acceptors (Lipinski definition) is 5. The third kappa shape index (κ3) is 7.95. The van der Waals surface area contributed by atoms with Gasteiger partial charge in [0.15, 0.2) is 0 Å². The summed E-state index contributed by atoms with van der Waals surface area (Å²) in [5, 5.41) is 8.88. The van der Waals surface area contributed by atoms with Gasteiger partial charge < -0.3 is 5.11 Å². The molecule has 1 N–H and O–H groups in total. The summed E-state index contributed by atoms with van der Waals surface area (Å²) in [6.45, 7) is -0.462. The molecule has 0 saturated heterocycles. The number of rotatable bonds is 6. The molecule has 0 aromatic carbocycles. The summed E-state index contributed by atoms with van der Waals surface area (Å²) < 4.78 is 105. The van der Waals surface area contributed by atoms with Gasteiger partial charge >= 0.3 is 12.7 Å². The molecule has 4 rings (SSSR count). The smallest absolute Gasteiger partial charge is 0.392 e. The van der Waals surface area contributed by atoms with Crippen LogP contribution in [0, 0.1) is 11.6 Å². The molecule has 2 saturated carbocycles. The number of aliphatic hydroxyl groups excluding tert-OH is 1. The fourth-order valence-corrected chi connectivity index (χ4v) is 4.06. The van der Waals surface area contributed by atoms with Crippen molar-refractivity contribution in [3.05, 3.63) is 58.7 Å². The lowest BCUT2D eigenvalue weighted by Gasteiger charge is -2.35. The van der Waals surface area contributed by atoms with Crippen molar-refractivity contribution in [3.8, 4) is 0 Å². The summed E-state index contributed by atoms with van der Waals surface area (Å²) in [7, 11) is 0. The molecular formula is C22H21ClF8N2O3. The van der Waals surface area contributed by atoms with Gasteiger partial charge in [-0.1, -0.05) is 0 Å². The molecule has 2 aromatic heterocycles. The molecule has 2 aliphatic rings. The highest BCUT2D eigenvalue weighted by Crippen LogP contribution is 2.42. The van der Waals surface area contributed by atoms with Crippen molar-refractivity contribution < 1.29 is 49.7 Å². The Morgan fingerprint density at radius 1 is 0.778 bits per heavy atom. The van der Waals surface area contributed by atoms with Crippen LogP contribution in [0.3, 0.4) is 0 Å². The Morgan fingerprint density at radius 3 is 1.53 bits per heavy atom. The van der Waals surface area contributed by atoms with E-state index in [-0.39, 0.29) is 49.0 Å². The highest BCUT2D eigenvalue weighted by Gasteiger charge is 2.42. The van der Waals surface area contributed by atoms with Crippen molar-refractivity contribution in [2.75, 3.05) is 0 Å². The lowest BCUT2D eigenvalue weighted by molar-refractivity contribution is -0.352. The van der Waals surface area contributed by atoms with Gasteiger partial charge in [0.05, 0.1) is 37.1 Å². The Balaban J connectivity index is 0.000000201. The molecular weight excluding hydrogens is 528 g/mol. The molecule has 200 valence electrons. The number of aromatic nitrogens is 2. The zero-order valence-electron chi connectivity index (χ0n) is 18.4. The van der Waals surface area contributed by atoms with Gasteiger partial charge in [0.1, 0.15) is 11.6 Å². The van der Waals surface area contributed by atoms with Crippen LogP contribution in [0.5, 0.6) is 0 Å². The van der Waals surface area contributed by atoms with Crippen molar-refractivity contribution in [2.45, 2.75) is 74.9 Å². The average Bonchev–Trinajstić information content (AvgIpc) is 2.73. The predicted octanol–water partition coefficient (Wildman–Crippen LogP) is 6.24. The molecule has 2 fully saturated rings. The van der Waals surface area contributed by atoms with Gasteiger partial charge in [0.25, 0.3) is 0 Å². The van der Waals surface area contributed by atoms with E-state index >= 15 is 0 Å². The zero-order chi connectivity index (χ0) is 26.7. The maximum atomic E-state index is 13.1. The SMILES string of the molecule is Fc1cnc(C2CC(OC(F)(F)F)C2)cc1CCl.OCc1cc(C2CC(OC(F)(F)F)C2)ncc1F. The summed E-state index contributed by atoms with van der Waals surface area (Å²) in [6.07, 6.45) is -8.04.